The Hall–Kier alpha value is -1.55. The largest absolute Gasteiger partial charge is 0.350 e. The van der Waals surface area contributed by atoms with E-state index in [1.54, 1.807) is 0 Å². The van der Waals surface area contributed by atoms with E-state index in [1.165, 1.54) is 5.56 Å². The van der Waals surface area contributed by atoms with E-state index < -0.39 is 6.03 Å². The van der Waals surface area contributed by atoms with Gasteiger partial charge in [-0.3, -0.25) is 5.01 Å². The van der Waals surface area contributed by atoms with Gasteiger partial charge in [-0.15, -0.1) is 0 Å². The molecule has 0 heterocycles. The van der Waals surface area contributed by atoms with E-state index in [0.717, 1.165) is 17.9 Å². The normalized spacial score (nSPS) is 9.79. The van der Waals surface area contributed by atoms with Crippen LogP contribution in [0.25, 0.3) is 0 Å². The first-order valence-corrected chi connectivity index (χ1v) is 4.56. The molecule has 2 amide bonds. The van der Waals surface area contributed by atoms with E-state index in [4.69, 9.17) is 11.6 Å². The number of hydrogen-bond acceptors (Lipinski definition) is 2. The van der Waals surface area contributed by atoms with Gasteiger partial charge < -0.3 is 5.73 Å². The molecule has 0 aliphatic heterocycles. The highest BCUT2D eigenvalue weighted by Gasteiger charge is 2.02. The molecule has 1 aromatic carbocycles. The summed E-state index contributed by atoms with van der Waals surface area (Å²) in [7, 11) is 0. The highest BCUT2D eigenvalue weighted by Crippen LogP contribution is 2.02. The van der Waals surface area contributed by atoms with Gasteiger partial charge in [0.15, 0.2) is 0 Å². The third-order valence-electron chi connectivity index (χ3n) is 1.99. The summed E-state index contributed by atoms with van der Waals surface area (Å²) < 4.78 is 0. The number of aryl methyl sites for hydroxylation is 1. The average Bonchev–Trinajstić information content (AvgIpc) is 2.19. The summed E-state index contributed by atoms with van der Waals surface area (Å²) in [5.41, 5.74) is 6.22. The molecule has 0 aliphatic carbocycles. The van der Waals surface area contributed by atoms with Crippen LogP contribution in [0.4, 0.5) is 4.79 Å². The van der Waals surface area contributed by atoms with Gasteiger partial charge >= 0.3 is 6.03 Å². The van der Waals surface area contributed by atoms with Gasteiger partial charge in [-0.1, -0.05) is 30.3 Å². The molecule has 4 heteroatoms. The molecular weight excluding hydrogens is 178 g/mol. The van der Waals surface area contributed by atoms with Crippen LogP contribution in [-0.2, 0) is 6.42 Å². The van der Waals surface area contributed by atoms with Gasteiger partial charge in [-0.25, -0.2) is 10.6 Å². The molecule has 0 bridgehead atoms. The number of nitrogens with zero attached hydrogens (tertiary/aromatic N) is 1. The van der Waals surface area contributed by atoms with Crippen LogP contribution in [0.2, 0.25) is 0 Å². The number of carbonyl (C=O) groups excluding carboxylic acids is 1. The Kier molecular flexibility index (Phi) is 3.94. The van der Waals surface area contributed by atoms with Crippen molar-refractivity contribution < 1.29 is 4.79 Å². The molecule has 14 heavy (non-hydrogen) atoms. The van der Waals surface area contributed by atoms with E-state index in [1.807, 2.05) is 30.3 Å². The molecule has 0 saturated carbocycles. The molecule has 0 atom stereocenters. The Balaban J connectivity index is 2.26. The fourth-order valence-electron chi connectivity index (χ4n) is 1.21. The molecule has 0 spiro atoms. The monoisotopic (exact) mass is 193 g/mol. The van der Waals surface area contributed by atoms with Crippen LogP contribution >= 0.6 is 0 Å². The number of benzene rings is 1. The quantitative estimate of drug-likeness (QED) is 0.423. The summed E-state index contributed by atoms with van der Waals surface area (Å²) in [6, 6.07) is 9.46. The van der Waals surface area contributed by atoms with Crippen LogP contribution in [0.1, 0.15) is 12.0 Å². The second-order valence-corrected chi connectivity index (χ2v) is 3.12. The predicted molar refractivity (Wildman–Crippen MR) is 55.2 cm³/mol. The number of amides is 2. The second-order valence-electron chi connectivity index (χ2n) is 3.12. The number of rotatable bonds is 4. The van der Waals surface area contributed by atoms with Gasteiger partial charge in [-0.05, 0) is 18.4 Å². The van der Waals surface area contributed by atoms with Gasteiger partial charge in [0.1, 0.15) is 0 Å². The number of carbonyl (C=O) groups is 1. The maximum atomic E-state index is 10.6. The Labute approximate surface area is 83.5 Å². The van der Waals surface area contributed by atoms with Gasteiger partial charge in [-0.2, -0.15) is 0 Å². The van der Waals surface area contributed by atoms with Crippen LogP contribution in [0.15, 0.2) is 30.3 Å². The zero-order valence-electron chi connectivity index (χ0n) is 8.02. The van der Waals surface area contributed by atoms with E-state index in [-0.39, 0.29) is 0 Å². The van der Waals surface area contributed by atoms with Crippen molar-refractivity contribution in [2.24, 2.45) is 11.6 Å². The minimum Gasteiger partial charge on any atom is -0.350 e. The van der Waals surface area contributed by atoms with Gasteiger partial charge in [0, 0.05) is 6.54 Å². The van der Waals surface area contributed by atoms with Crippen molar-refractivity contribution in [1.29, 1.82) is 0 Å². The standard InChI is InChI=1S/C10H15N3O/c11-10(14)13(12)8-4-7-9-5-2-1-3-6-9/h1-3,5-6H,4,7-8,12H2,(H2,11,14). The Bertz CT molecular complexity index is 287. The van der Waals surface area contributed by atoms with Crippen LogP contribution < -0.4 is 11.6 Å². The third-order valence-corrected chi connectivity index (χ3v) is 1.99. The van der Waals surface area contributed by atoms with E-state index >= 15 is 0 Å². The molecule has 0 unspecified atom stereocenters. The van der Waals surface area contributed by atoms with Crippen molar-refractivity contribution >= 4 is 6.03 Å². The maximum absolute atomic E-state index is 10.6. The number of nitrogens with two attached hydrogens (primary N) is 2. The summed E-state index contributed by atoms with van der Waals surface area (Å²) in [4.78, 5) is 10.6. The number of urea groups is 1. The molecule has 1 aromatic rings. The first kappa shape index (κ1) is 10.5. The Morgan fingerprint density at radius 3 is 2.50 bits per heavy atom. The fourth-order valence-corrected chi connectivity index (χ4v) is 1.21. The van der Waals surface area contributed by atoms with E-state index in [9.17, 15) is 4.79 Å². The van der Waals surface area contributed by atoms with Crippen molar-refractivity contribution in [2.75, 3.05) is 6.54 Å². The minimum atomic E-state index is -0.585. The van der Waals surface area contributed by atoms with Crippen molar-refractivity contribution in [3.8, 4) is 0 Å². The van der Waals surface area contributed by atoms with Crippen LogP contribution in [0.3, 0.4) is 0 Å². The topological polar surface area (TPSA) is 72.4 Å². The van der Waals surface area contributed by atoms with Crippen molar-refractivity contribution in [2.45, 2.75) is 12.8 Å². The summed E-state index contributed by atoms with van der Waals surface area (Å²) in [5.74, 6) is 5.34. The molecule has 0 radical (unpaired) electrons. The first-order chi connectivity index (χ1) is 6.70. The van der Waals surface area contributed by atoms with Crippen molar-refractivity contribution in [1.82, 2.24) is 5.01 Å². The Morgan fingerprint density at radius 1 is 1.29 bits per heavy atom. The zero-order valence-corrected chi connectivity index (χ0v) is 8.02. The predicted octanol–water partition coefficient (Wildman–Crippen LogP) is 0.874. The lowest BCUT2D eigenvalue weighted by Crippen LogP contribution is -2.42. The zero-order chi connectivity index (χ0) is 10.4. The minimum absolute atomic E-state index is 0.490. The van der Waals surface area contributed by atoms with Crippen LogP contribution in [0.5, 0.6) is 0 Å². The summed E-state index contributed by atoms with van der Waals surface area (Å²) >= 11 is 0. The maximum Gasteiger partial charge on any atom is 0.328 e. The fraction of sp³-hybridized carbons (Fsp3) is 0.300. The smallest absolute Gasteiger partial charge is 0.328 e. The van der Waals surface area contributed by atoms with E-state index in [0.29, 0.717) is 6.54 Å². The highest BCUT2D eigenvalue weighted by atomic mass is 16.2. The van der Waals surface area contributed by atoms with Crippen molar-refractivity contribution in [3.63, 3.8) is 0 Å². The average molecular weight is 193 g/mol. The molecule has 0 saturated heterocycles. The van der Waals surface area contributed by atoms with E-state index in [2.05, 4.69) is 0 Å². The molecule has 0 aliphatic rings. The number of hydrazine groups is 1. The summed E-state index contributed by atoms with van der Waals surface area (Å²) in [5, 5.41) is 1.03. The Morgan fingerprint density at radius 2 is 1.93 bits per heavy atom. The molecule has 4 nitrogen and oxygen atoms in total. The number of primary amides is 1. The molecular formula is C10H15N3O. The summed E-state index contributed by atoms with van der Waals surface area (Å²) in [6.45, 7) is 0.490. The van der Waals surface area contributed by atoms with Crippen LogP contribution in [-0.4, -0.2) is 17.6 Å². The molecule has 4 N–H and O–H groups in total. The third kappa shape index (κ3) is 3.45. The molecule has 0 fully saturated rings. The second kappa shape index (κ2) is 5.24. The molecule has 0 aromatic heterocycles. The molecule has 1 rings (SSSR count). The SMILES string of the molecule is NC(=O)N(N)CCCc1ccccc1. The van der Waals surface area contributed by atoms with Crippen LogP contribution in [0, 0.1) is 0 Å². The van der Waals surface area contributed by atoms with Gasteiger partial charge in [0.25, 0.3) is 0 Å². The lowest BCUT2D eigenvalue weighted by Gasteiger charge is -2.12. The lowest BCUT2D eigenvalue weighted by molar-refractivity contribution is 0.208. The highest BCUT2D eigenvalue weighted by molar-refractivity contribution is 5.71. The molecule has 76 valence electrons. The first-order valence-electron chi connectivity index (χ1n) is 4.56. The number of hydrogen-bond donors (Lipinski definition) is 2. The van der Waals surface area contributed by atoms with Gasteiger partial charge in [0.05, 0.1) is 0 Å². The summed E-state index contributed by atoms with van der Waals surface area (Å²) in [6.07, 6.45) is 1.73. The van der Waals surface area contributed by atoms with Gasteiger partial charge in [0.2, 0.25) is 0 Å². The van der Waals surface area contributed by atoms with Crippen molar-refractivity contribution in [3.05, 3.63) is 35.9 Å². The lowest BCUT2D eigenvalue weighted by atomic mass is 10.1.